The Morgan fingerprint density at radius 3 is 2.48 bits per heavy atom. The summed E-state index contributed by atoms with van der Waals surface area (Å²) in [6, 6.07) is 6.00. The summed E-state index contributed by atoms with van der Waals surface area (Å²) < 4.78 is 9.63. The Bertz CT molecular complexity index is 669. The topological polar surface area (TPSA) is 157 Å². The molecule has 1 aromatic rings. The lowest BCUT2D eigenvalue weighted by Gasteiger charge is -2.20. The first-order chi connectivity index (χ1) is 13.7. The Labute approximate surface area is 167 Å². The molecule has 0 radical (unpaired) electrons. The van der Waals surface area contributed by atoms with Gasteiger partial charge in [-0.15, -0.1) is 10.1 Å². The summed E-state index contributed by atoms with van der Waals surface area (Å²) in [5.74, 6) is -0.683. The zero-order valence-electron chi connectivity index (χ0n) is 16.3. The van der Waals surface area contributed by atoms with E-state index in [0.717, 1.165) is 0 Å². The molecule has 1 rings (SSSR count). The van der Waals surface area contributed by atoms with Crippen molar-refractivity contribution in [1.82, 2.24) is 5.32 Å². The van der Waals surface area contributed by atoms with Crippen LogP contribution in [-0.2, 0) is 20.9 Å². The van der Waals surface area contributed by atoms with E-state index in [1.807, 2.05) is 13.8 Å². The Kier molecular flexibility index (Phi) is 10.4. The van der Waals surface area contributed by atoms with Gasteiger partial charge in [0, 0.05) is 13.0 Å². The molecule has 3 N–H and O–H groups in total. The fourth-order valence-corrected chi connectivity index (χ4v) is 2.69. The molecule has 0 saturated carbocycles. The van der Waals surface area contributed by atoms with E-state index < -0.39 is 36.8 Å². The van der Waals surface area contributed by atoms with Crippen LogP contribution in [0.5, 0.6) is 0 Å². The number of carbonyl (C=O) groups is 2. The number of esters is 1. The standard InChI is InChI=1S/C18H26N2O9/c1-12(2)7-13(8-16(21)22)9-19-18(24)28-11-27-17(23)15-6-4-3-5-14(15)10-29-20(25)26/h3-6,12-13,16,21-22H,7-11H2,1-2H3,(H,19,24)/t13-/m0/s1. The molecule has 0 fully saturated rings. The first-order valence-electron chi connectivity index (χ1n) is 8.98. The van der Waals surface area contributed by atoms with E-state index in [9.17, 15) is 19.7 Å². The average Bonchev–Trinajstić information content (AvgIpc) is 2.63. The van der Waals surface area contributed by atoms with Crippen molar-refractivity contribution < 1.29 is 39.2 Å². The van der Waals surface area contributed by atoms with Crippen LogP contribution in [-0.4, -0.2) is 47.0 Å². The van der Waals surface area contributed by atoms with E-state index in [0.29, 0.717) is 12.3 Å². The second-order valence-electron chi connectivity index (χ2n) is 6.73. The maximum Gasteiger partial charge on any atom is 0.410 e. The predicted octanol–water partition coefficient (Wildman–Crippen LogP) is 1.60. The van der Waals surface area contributed by atoms with Crippen molar-refractivity contribution in [3.63, 3.8) is 0 Å². The largest absolute Gasteiger partial charge is 0.424 e. The van der Waals surface area contributed by atoms with Gasteiger partial charge < -0.3 is 29.8 Å². The lowest BCUT2D eigenvalue weighted by atomic mass is 9.94. The Morgan fingerprint density at radius 1 is 1.17 bits per heavy atom. The summed E-state index contributed by atoms with van der Waals surface area (Å²) in [5, 5.41) is 30.0. The van der Waals surface area contributed by atoms with Crippen LogP contribution in [0.25, 0.3) is 0 Å². The van der Waals surface area contributed by atoms with Crippen LogP contribution < -0.4 is 5.32 Å². The molecule has 0 aromatic heterocycles. The van der Waals surface area contributed by atoms with Gasteiger partial charge in [-0.05, 0) is 29.9 Å². The van der Waals surface area contributed by atoms with Gasteiger partial charge in [-0.2, -0.15) is 0 Å². The number of carbonyl (C=O) groups excluding carboxylic acids is 2. The van der Waals surface area contributed by atoms with Crippen molar-refractivity contribution in [2.75, 3.05) is 13.3 Å². The normalized spacial score (nSPS) is 11.8. The third-order valence-corrected chi connectivity index (χ3v) is 3.83. The molecule has 0 spiro atoms. The zero-order chi connectivity index (χ0) is 21.8. The first-order valence-corrected chi connectivity index (χ1v) is 8.98. The summed E-state index contributed by atoms with van der Waals surface area (Å²) in [6.45, 7) is 3.04. The monoisotopic (exact) mass is 414 g/mol. The Morgan fingerprint density at radius 2 is 1.86 bits per heavy atom. The molecular weight excluding hydrogens is 388 g/mol. The van der Waals surface area contributed by atoms with E-state index in [4.69, 9.17) is 19.7 Å². The third kappa shape index (κ3) is 10.3. The molecule has 0 aliphatic rings. The highest BCUT2D eigenvalue weighted by Gasteiger charge is 2.17. The van der Waals surface area contributed by atoms with Gasteiger partial charge in [-0.25, -0.2) is 9.59 Å². The number of nitrogens with zero attached hydrogens (tertiary/aromatic N) is 1. The average molecular weight is 414 g/mol. The van der Waals surface area contributed by atoms with Crippen LogP contribution in [0.15, 0.2) is 24.3 Å². The van der Waals surface area contributed by atoms with E-state index in [1.165, 1.54) is 12.1 Å². The Hall–Kier alpha value is -2.92. The van der Waals surface area contributed by atoms with Gasteiger partial charge in [-0.1, -0.05) is 32.0 Å². The highest BCUT2D eigenvalue weighted by atomic mass is 16.9. The number of hydrogen-bond donors (Lipinski definition) is 3. The van der Waals surface area contributed by atoms with Gasteiger partial charge in [0.25, 0.3) is 5.09 Å². The van der Waals surface area contributed by atoms with Crippen LogP contribution in [0.2, 0.25) is 0 Å². The molecule has 1 amide bonds. The third-order valence-electron chi connectivity index (χ3n) is 3.83. The molecule has 1 atom stereocenters. The number of rotatable bonds is 12. The maximum atomic E-state index is 12.1. The number of aliphatic hydroxyl groups is 2. The lowest BCUT2D eigenvalue weighted by Crippen LogP contribution is -2.32. The van der Waals surface area contributed by atoms with E-state index in [-0.39, 0.29) is 30.0 Å². The molecule has 0 bridgehead atoms. The van der Waals surface area contributed by atoms with Crippen molar-refractivity contribution in [3.8, 4) is 0 Å². The van der Waals surface area contributed by atoms with E-state index in [2.05, 4.69) is 10.2 Å². The van der Waals surface area contributed by atoms with Gasteiger partial charge in [0.1, 0.15) is 6.61 Å². The van der Waals surface area contributed by atoms with Crippen LogP contribution >= 0.6 is 0 Å². The van der Waals surface area contributed by atoms with Crippen molar-refractivity contribution in [3.05, 3.63) is 45.5 Å². The second kappa shape index (κ2) is 12.5. The van der Waals surface area contributed by atoms with E-state index >= 15 is 0 Å². The van der Waals surface area contributed by atoms with Crippen molar-refractivity contribution in [2.45, 2.75) is 39.6 Å². The summed E-state index contributed by atoms with van der Waals surface area (Å²) in [6.07, 6.45) is -1.52. The molecule has 1 aromatic carbocycles. The minimum atomic E-state index is -1.48. The quantitative estimate of drug-likeness (QED) is 0.200. The number of benzene rings is 1. The summed E-state index contributed by atoms with van der Waals surface area (Å²) in [4.78, 5) is 38.4. The number of aliphatic hydroxyl groups excluding tert-OH is 1. The second-order valence-corrected chi connectivity index (χ2v) is 6.73. The Balaban J connectivity index is 2.45. The molecule has 11 nitrogen and oxygen atoms in total. The van der Waals surface area contributed by atoms with Gasteiger partial charge >= 0.3 is 12.1 Å². The molecule has 29 heavy (non-hydrogen) atoms. The number of alkyl carbamates (subject to hydrolysis) is 1. The van der Waals surface area contributed by atoms with Crippen LogP contribution in [0, 0.1) is 22.0 Å². The van der Waals surface area contributed by atoms with Gasteiger partial charge in [0.05, 0.1) is 5.56 Å². The van der Waals surface area contributed by atoms with Crippen molar-refractivity contribution in [1.29, 1.82) is 0 Å². The molecule has 0 unspecified atom stereocenters. The SMILES string of the molecule is CC(C)C[C@H](CNC(=O)OCOC(=O)c1ccccc1CO[N+](=O)[O-])CC(O)O. The molecular formula is C18H26N2O9. The predicted molar refractivity (Wildman–Crippen MR) is 98.8 cm³/mol. The highest BCUT2D eigenvalue weighted by molar-refractivity contribution is 5.91. The number of amides is 1. The maximum absolute atomic E-state index is 12.1. The number of nitrogens with one attached hydrogen (secondary N) is 1. The minimum absolute atomic E-state index is 0.0484. The minimum Gasteiger partial charge on any atom is -0.424 e. The van der Waals surface area contributed by atoms with Crippen molar-refractivity contribution in [2.24, 2.45) is 11.8 Å². The molecule has 162 valence electrons. The number of ether oxygens (including phenoxy) is 2. The molecule has 0 aliphatic heterocycles. The smallest absolute Gasteiger partial charge is 0.410 e. The zero-order valence-corrected chi connectivity index (χ0v) is 16.3. The van der Waals surface area contributed by atoms with Crippen LogP contribution in [0.1, 0.15) is 42.6 Å². The van der Waals surface area contributed by atoms with Gasteiger partial charge in [0.2, 0.25) is 6.79 Å². The molecule has 0 aliphatic carbocycles. The molecule has 0 heterocycles. The first kappa shape index (κ1) is 24.1. The summed E-state index contributed by atoms with van der Waals surface area (Å²) in [5.41, 5.74) is 0.296. The van der Waals surface area contributed by atoms with Gasteiger partial charge in [0.15, 0.2) is 6.29 Å². The van der Waals surface area contributed by atoms with Crippen LogP contribution in [0.4, 0.5) is 4.79 Å². The fraction of sp³-hybridized carbons (Fsp3) is 0.556. The highest BCUT2D eigenvalue weighted by Crippen LogP contribution is 2.16. The fourth-order valence-electron chi connectivity index (χ4n) is 2.69. The van der Waals surface area contributed by atoms with E-state index in [1.54, 1.807) is 12.1 Å². The lowest BCUT2D eigenvalue weighted by molar-refractivity contribution is -0.763. The van der Waals surface area contributed by atoms with Crippen molar-refractivity contribution >= 4 is 12.1 Å². The summed E-state index contributed by atoms with van der Waals surface area (Å²) in [7, 11) is 0. The number of hydrogen-bond acceptors (Lipinski definition) is 9. The molecule has 11 heteroatoms. The molecule has 0 saturated heterocycles. The summed E-state index contributed by atoms with van der Waals surface area (Å²) >= 11 is 0. The van der Waals surface area contributed by atoms with Crippen LogP contribution in [0.3, 0.4) is 0 Å². The van der Waals surface area contributed by atoms with Gasteiger partial charge in [-0.3, -0.25) is 0 Å².